The summed E-state index contributed by atoms with van der Waals surface area (Å²) < 4.78 is 6.36. The molecule has 0 atom stereocenters. The van der Waals surface area contributed by atoms with E-state index in [4.69, 9.17) is 4.74 Å². The summed E-state index contributed by atoms with van der Waals surface area (Å²) >= 11 is 3.42. The van der Waals surface area contributed by atoms with Crippen LogP contribution in [-0.4, -0.2) is 15.2 Å². The minimum absolute atomic E-state index is 0.520. The van der Waals surface area contributed by atoms with Crippen LogP contribution in [0.1, 0.15) is 11.3 Å². The first-order valence-corrected chi connectivity index (χ1v) is 5.27. The molecule has 0 unspecified atom stereocenters. The lowest BCUT2D eigenvalue weighted by molar-refractivity contribution is 0.440. The maximum Gasteiger partial charge on any atom is 0.240 e. The lowest BCUT2D eigenvalue weighted by atomic mass is 10.3. The summed E-state index contributed by atoms with van der Waals surface area (Å²) in [7, 11) is 0. The Labute approximate surface area is 95.8 Å². The third kappa shape index (κ3) is 2.18. The Morgan fingerprint density at radius 2 is 2.20 bits per heavy atom. The zero-order chi connectivity index (χ0) is 10.8. The number of aryl methyl sites for hydroxylation is 2. The van der Waals surface area contributed by atoms with Crippen molar-refractivity contribution in [2.45, 2.75) is 13.8 Å². The Bertz CT molecular complexity index is 481. The van der Waals surface area contributed by atoms with Crippen molar-refractivity contribution >= 4 is 15.9 Å². The summed E-state index contributed by atoms with van der Waals surface area (Å²) in [5.74, 6) is 1.05. The van der Waals surface area contributed by atoms with E-state index >= 15 is 0 Å². The van der Waals surface area contributed by atoms with Gasteiger partial charge in [0.05, 0.1) is 4.47 Å². The number of hydrogen-bond donors (Lipinski definition) is 1. The van der Waals surface area contributed by atoms with Crippen LogP contribution in [0.4, 0.5) is 0 Å². The predicted octanol–water partition coefficient (Wildman–Crippen LogP) is 2.98. The van der Waals surface area contributed by atoms with E-state index in [0.29, 0.717) is 11.8 Å². The number of nitrogens with zero attached hydrogens (tertiary/aromatic N) is 2. The summed E-state index contributed by atoms with van der Waals surface area (Å²) in [4.78, 5) is 4.12. The van der Waals surface area contributed by atoms with Crippen molar-refractivity contribution in [1.29, 1.82) is 0 Å². The van der Waals surface area contributed by atoms with Crippen molar-refractivity contribution in [3.05, 3.63) is 34.1 Å². The van der Waals surface area contributed by atoms with Gasteiger partial charge in [0, 0.05) is 18.0 Å². The molecule has 0 aromatic carbocycles. The maximum atomic E-state index is 5.51. The molecule has 2 aromatic heterocycles. The number of hydrogen-bond acceptors (Lipinski definition) is 3. The van der Waals surface area contributed by atoms with Gasteiger partial charge in [-0.3, -0.25) is 5.10 Å². The molecule has 2 heterocycles. The molecule has 2 rings (SSSR count). The van der Waals surface area contributed by atoms with Gasteiger partial charge < -0.3 is 4.74 Å². The summed E-state index contributed by atoms with van der Waals surface area (Å²) in [6.45, 7) is 3.90. The van der Waals surface area contributed by atoms with Crippen LogP contribution in [0.3, 0.4) is 0 Å². The number of nitrogens with one attached hydrogen (secondary N) is 1. The number of ether oxygens (including phenoxy) is 1. The second-order valence-corrected chi connectivity index (χ2v) is 4.03. The fraction of sp³-hybridized carbons (Fsp3) is 0.200. The molecule has 0 bridgehead atoms. The van der Waals surface area contributed by atoms with Crippen LogP contribution < -0.4 is 4.74 Å². The highest BCUT2D eigenvalue weighted by Crippen LogP contribution is 2.28. The largest absolute Gasteiger partial charge is 0.418 e. The van der Waals surface area contributed by atoms with E-state index in [9.17, 15) is 0 Å². The van der Waals surface area contributed by atoms with Gasteiger partial charge in [-0.15, -0.1) is 5.10 Å². The van der Waals surface area contributed by atoms with Gasteiger partial charge in [0.15, 0.2) is 0 Å². The van der Waals surface area contributed by atoms with Gasteiger partial charge in [-0.05, 0) is 41.4 Å². The Hall–Kier alpha value is -1.36. The van der Waals surface area contributed by atoms with Crippen LogP contribution in [0.5, 0.6) is 11.8 Å². The third-order valence-corrected chi connectivity index (χ3v) is 2.90. The molecule has 5 heteroatoms. The fourth-order valence-electron chi connectivity index (χ4n) is 1.13. The van der Waals surface area contributed by atoms with E-state index in [1.54, 1.807) is 6.20 Å². The third-order valence-electron chi connectivity index (χ3n) is 1.93. The summed E-state index contributed by atoms with van der Waals surface area (Å²) in [6, 6.07) is 3.73. The fourth-order valence-corrected chi connectivity index (χ4v) is 1.45. The van der Waals surface area contributed by atoms with Crippen molar-refractivity contribution in [3.63, 3.8) is 0 Å². The Balaban J connectivity index is 2.28. The topological polar surface area (TPSA) is 50.8 Å². The summed E-state index contributed by atoms with van der Waals surface area (Å²) in [5, 5.41) is 6.78. The first-order valence-electron chi connectivity index (χ1n) is 4.48. The van der Waals surface area contributed by atoms with Gasteiger partial charge in [-0.1, -0.05) is 0 Å². The molecule has 0 saturated carbocycles. The summed E-state index contributed by atoms with van der Waals surface area (Å²) in [5.41, 5.74) is 2.03. The first-order chi connectivity index (χ1) is 7.16. The lowest BCUT2D eigenvalue weighted by Crippen LogP contribution is -1.90. The highest BCUT2D eigenvalue weighted by atomic mass is 79.9. The van der Waals surface area contributed by atoms with Crippen LogP contribution in [-0.2, 0) is 0 Å². The highest BCUT2D eigenvalue weighted by molar-refractivity contribution is 9.10. The molecule has 0 amide bonds. The van der Waals surface area contributed by atoms with Gasteiger partial charge in [0.2, 0.25) is 11.8 Å². The number of aromatic nitrogens is 3. The Morgan fingerprint density at radius 1 is 1.40 bits per heavy atom. The molecule has 4 nitrogen and oxygen atoms in total. The average Bonchev–Trinajstić information content (AvgIpc) is 2.59. The minimum atomic E-state index is 0.520. The Morgan fingerprint density at radius 3 is 2.87 bits per heavy atom. The van der Waals surface area contributed by atoms with Gasteiger partial charge >= 0.3 is 0 Å². The molecular weight excluding hydrogens is 258 g/mol. The molecule has 0 aliphatic carbocycles. The van der Waals surface area contributed by atoms with Crippen LogP contribution in [0, 0.1) is 13.8 Å². The van der Waals surface area contributed by atoms with Gasteiger partial charge in [-0.25, -0.2) is 4.98 Å². The molecule has 0 aliphatic rings. The maximum absolute atomic E-state index is 5.51. The molecule has 0 saturated heterocycles. The van der Waals surface area contributed by atoms with Crippen LogP contribution in [0.25, 0.3) is 0 Å². The SMILES string of the molecule is Cc1cc(Oc2nccc(C)c2Br)n[nH]1. The normalized spacial score (nSPS) is 10.3. The zero-order valence-electron chi connectivity index (χ0n) is 8.41. The predicted molar refractivity (Wildman–Crippen MR) is 60.1 cm³/mol. The van der Waals surface area contributed by atoms with Crippen molar-refractivity contribution in [2.24, 2.45) is 0 Å². The van der Waals surface area contributed by atoms with E-state index < -0.39 is 0 Å². The summed E-state index contributed by atoms with van der Waals surface area (Å²) in [6.07, 6.45) is 1.70. The number of halogens is 1. The number of rotatable bonds is 2. The van der Waals surface area contributed by atoms with Crippen molar-refractivity contribution in [3.8, 4) is 11.8 Å². The standard InChI is InChI=1S/C10H10BrN3O/c1-6-3-4-12-10(9(6)11)15-8-5-7(2)13-14-8/h3-5H,1-2H3,(H,13,14). The Kier molecular flexibility index (Phi) is 2.73. The van der Waals surface area contributed by atoms with Crippen molar-refractivity contribution in [2.75, 3.05) is 0 Å². The number of aromatic amines is 1. The van der Waals surface area contributed by atoms with E-state index in [-0.39, 0.29) is 0 Å². The van der Waals surface area contributed by atoms with Crippen molar-refractivity contribution < 1.29 is 4.74 Å². The van der Waals surface area contributed by atoms with E-state index in [1.807, 2.05) is 26.0 Å². The lowest BCUT2D eigenvalue weighted by Gasteiger charge is -2.04. The molecule has 0 aliphatic heterocycles. The minimum Gasteiger partial charge on any atom is -0.418 e. The van der Waals surface area contributed by atoms with Gasteiger partial charge in [0.25, 0.3) is 0 Å². The van der Waals surface area contributed by atoms with Crippen LogP contribution in [0.2, 0.25) is 0 Å². The molecular formula is C10H10BrN3O. The second kappa shape index (κ2) is 4.02. The monoisotopic (exact) mass is 267 g/mol. The molecule has 0 spiro atoms. The van der Waals surface area contributed by atoms with Gasteiger partial charge in [-0.2, -0.15) is 0 Å². The van der Waals surface area contributed by atoms with Crippen LogP contribution in [0.15, 0.2) is 22.8 Å². The number of H-pyrrole nitrogens is 1. The van der Waals surface area contributed by atoms with Gasteiger partial charge in [0.1, 0.15) is 0 Å². The zero-order valence-corrected chi connectivity index (χ0v) is 10.00. The smallest absolute Gasteiger partial charge is 0.240 e. The second-order valence-electron chi connectivity index (χ2n) is 3.24. The molecule has 0 radical (unpaired) electrons. The molecule has 1 N–H and O–H groups in total. The van der Waals surface area contributed by atoms with Crippen LogP contribution >= 0.6 is 15.9 Å². The van der Waals surface area contributed by atoms with E-state index in [2.05, 4.69) is 31.1 Å². The molecule has 2 aromatic rings. The quantitative estimate of drug-likeness (QED) is 0.910. The van der Waals surface area contributed by atoms with E-state index in [1.165, 1.54) is 0 Å². The number of pyridine rings is 1. The molecule has 78 valence electrons. The average molecular weight is 268 g/mol. The highest BCUT2D eigenvalue weighted by Gasteiger charge is 2.07. The first kappa shape index (κ1) is 10.2. The molecule has 0 fully saturated rings. The van der Waals surface area contributed by atoms with E-state index in [0.717, 1.165) is 15.7 Å². The molecule has 15 heavy (non-hydrogen) atoms. The van der Waals surface area contributed by atoms with Crippen molar-refractivity contribution in [1.82, 2.24) is 15.2 Å².